The lowest BCUT2D eigenvalue weighted by Gasteiger charge is -2.32. The number of anilines is 1. The molecule has 1 fully saturated rings. The molecule has 3 aromatic heterocycles. The maximum atomic E-state index is 13.1. The first-order valence-corrected chi connectivity index (χ1v) is 12.3. The van der Waals surface area contributed by atoms with E-state index in [1.54, 1.807) is 12.3 Å². The first kappa shape index (κ1) is 23.8. The smallest absolute Gasteiger partial charge is 0.255 e. The minimum absolute atomic E-state index is 0.0231. The second kappa shape index (κ2) is 10.3. The normalized spacial score (nSPS) is 15.9. The van der Waals surface area contributed by atoms with E-state index in [0.717, 1.165) is 5.39 Å². The fourth-order valence-electron chi connectivity index (χ4n) is 4.08. The molecule has 4 heterocycles. The maximum Gasteiger partial charge on any atom is 0.255 e. The van der Waals surface area contributed by atoms with Crippen LogP contribution < -0.4 is 10.6 Å². The minimum Gasteiger partial charge on any atom is -0.771 e. The molecule has 1 aliphatic heterocycles. The highest BCUT2D eigenvalue weighted by Gasteiger charge is 2.23. The van der Waals surface area contributed by atoms with Crippen molar-refractivity contribution in [3.8, 4) is 11.9 Å². The van der Waals surface area contributed by atoms with E-state index in [1.807, 2.05) is 41.6 Å². The van der Waals surface area contributed by atoms with Crippen molar-refractivity contribution in [3.05, 3.63) is 47.9 Å². The number of nitrogens with zero attached hydrogens (tertiary/aromatic N) is 5. The molecule has 1 saturated heterocycles. The van der Waals surface area contributed by atoms with E-state index >= 15 is 0 Å². The summed E-state index contributed by atoms with van der Waals surface area (Å²) in [7, 11) is 0. The summed E-state index contributed by atoms with van der Waals surface area (Å²) in [5.74, 6) is 0.406. The topological polar surface area (TPSA) is 139 Å². The highest BCUT2D eigenvalue weighted by atomic mass is 32.2. The lowest BCUT2D eigenvalue weighted by Crippen LogP contribution is -2.45. The van der Waals surface area contributed by atoms with Crippen LogP contribution >= 0.6 is 0 Å². The fourth-order valence-corrected chi connectivity index (χ4v) is 4.63. The molecule has 0 saturated carbocycles. The second-order valence-corrected chi connectivity index (χ2v) is 9.49. The summed E-state index contributed by atoms with van der Waals surface area (Å²) in [6.07, 6.45) is 6.29. The van der Waals surface area contributed by atoms with Gasteiger partial charge in [0.15, 0.2) is 0 Å². The number of rotatable bonds is 7. The van der Waals surface area contributed by atoms with Crippen molar-refractivity contribution >= 4 is 33.7 Å². The van der Waals surface area contributed by atoms with E-state index in [9.17, 15) is 13.6 Å². The van der Waals surface area contributed by atoms with Gasteiger partial charge in [-0.05, 0) is 49.9 Å². The average Bonchev–Trinajstić information content (AvgIpc) is 3.22. The number of aromatic nitrogens is 3. The molecule has 0 radical (unpaired) electrons. The van der Waals surface area contributed by atoms with Crippen LogP contribution in [0.1, 0.15) is 42.6 Å². The standard InChI is InChI=1S/C23H27N7O3S/c1-15(2)27-20-10-21(30-8-3-17-9-16(11-24)12-26-22(17)30)25-13-19(20)23(31)28-18-4-6-29(7-5-18)14-34(32)33/h3,8-10,12-13,15,18H,4-7,14H2,1-2H3,(H,25,27)(H,28,31)(H,32,33)/p-1. The Bertz CT molecular complexity index is 1260. The predicted molar refractivity (Wildman–Crippen MR) is 128 cm³/mol. The third-order valence-corrected chi connectivity index (χ3v) is 6.27. The second-order valence-electron chi connectivity index (χ2n) is 8.62. The number of piperidine rings is 1. The molecule has 0 spiro atoms. The molecule has 0 aliphatic carbocycles. The van der Waals surface area contributed by atoms with Gasteiger partial charge in [-0.2, -0.15) is 5.26 Å². The number of fused-ring (bicyclic) bond motifs is 1. The number of hydrogen-bond donors (Lipinski definition) is 2. The van der Waals surface area contributed by atoms with Crippen LogP contribution in [-0.4, -0.2) is 65.2 Å². The molecule has 4 rings (SSSR count). The summed E-state index contributed by atoms with van der Waals surface area (Å²) in [4.78, 5) is 23.9. The SMILES string of the molecule is CC(C)Nc1cc(-n2ccc3cc(C#N)cnc32)ncc1C(=O)NC1CCN(CS(=O)[O-])CC1. The zero-order valence-corrected chi connectivity index (χ0v) is 19.8. The molecule has 178 valence electrons. The number of likely N-dealkylation sites (tertiary alicyclic amines) is 1. The number of pyridine rings is 2. The summed E-state index contributed by atoms with van der Waals surface area (Å²) < 4.78 is 23.6. The molecule has 0 aromatic carbocycles. The van der Waals surface area contributed by atoms with Gasteiger partial charge >= 0.3 is 0 Å². The zero-order chi connectivity index (χ0) is 24.2. The van der Waals surface area contributed by atoms with Crippen LogP contribution in [0.3, 0.4) is 0 Å². The number of hydrogen-bond acceptors (Lipinski definition) is 8. The molecular formula is C23H26N7O3S-. The van der Waals surface area contributed by atoms with Crippen molar-refractivity contribution in [2.45, 2.75) is 38.8 Å². The molecule has 1 amide bonds. The van der Waals surface area contributed by atoms with E-state index in [-0.39, 0.29) is 23.9 Å². The number of amides is 1. The van der Waals surface area contributed by atoms with Gasteiger partial charge in [0, 0.05) is 55.2 Å². The van der Waals surface area contributed by atoms with Crippen LogP contribution in [0.5, 0.6) is 0 Å². The summed E-state index contributed by atoms with van der Waals surface area (Å²) in [6.45, 7) is 5.23. The first-order chi connectivity index (χ1) is 16.3. The largest absolute Gasteiger partial charge is 0.771 e. The number of nitriles is 1. The van der Waals surface area contributed by atoms with Crippen molar-refractivity contribution in [1.29, 1.82) is 5.26 Å². The minimum atomic E-state index is -2.10. The Hall–Kier alpha value is -3.33. The Kier molecular flexibility index (Phi) is 7.21. The van der Waals surface area contributed by atoms with Crippen LogP contribution in [0.2, 0.25) is 0 Å². The fraction of sp³-hybridized carbons (Fsp3) is 0.391. The summed E-state index contributed by atoms with van der Waals surface area (Å²) in [5.41, 5.74) is 2.26. The van der Waals surface area contributed by atoms with E-state index in [0.29, 0.717) is 54.2 Å². The number of nitrogens with one attached hydrogen (secondary N) is 2. The molecule has 10 nitrogen and oxygen atoms in total. The molecule has 1 aliphatic rings. The Morgan fingerprint density at radius 3 is 2.74 bits per heavy atom. The Balaban J connectivity index is 1.55. The molecular weight excluding hydrogens is 454 g/mol. The van der Waals surface area contributed by atoms with Gasteiger partial charge < -0.3 is 15.2 Å². The van der Waals surface area contributed by atoms with Gasteiger partial charge in [0.25, 0.3) is 5.91 Å². The molecule has 1 unspecified atom stereocenters. The molecule has 11 heteroatoms. The Morgan fingerprint density at radius 1 is 1.29 bits per heavy atom. The highest BCUT2D eigenvalue weighted by molar-refractivity contribution is 7.79. The first-order valence-electron chi connectivity index (χ1n) is 11.1. The third kappa shape index (κ3) is 5.41. The highest BCUT2D eigenvalue weighted by Crippen LogP contribution is 2.24. The van der Waals surface area contributed by atoms with Gasteiger partial charge in [0.2, 0.25) is 0 Å². The van der Waals surface area contributed by atoms with Gasteiger partial charge in [-0.3, -0.25) is 18.5 Å². The Labute approximate surface area is 200 Å². The predicted octanol–water partition coefficient (Wildman–Crippen LogP) is 2.14. The van der Waals surface area contributed by atoms with Gasteiger partial charge in [-0.1, -0.05) is 0 Å². The quantitative estimate of drug-likeness (QED) is 0.491. The third-order valence-electron chi connectivity index (χ3n) is 5.69. The summed E-state index contributed by atoms with van der Waals surface area (Å²) in [6, 6.07) is 7.62. The number of carbonyl (C=O) groups excluding carboxylic acids is 1. The van der Waals surface area contributed by atoms with Gasteiger partial charge in [0.1, 0.15) is 17.5 Å². The molecule has 34 heavy (non-hydrogen) atoms. The lowest BCUT2D eigenvalue weighted by atomic mass is 10.0. The molecule has 0 bridgehead atoms. The van der Waals surface area contributed by atoms with Crippen molar-refractivity contribution < 1.29 is 13.6 Å². The molecule has 2 N–H and O–H groups in total. The van der Waals surface area contributed by atoms with Crippen LogP contribution in [0, 0.1) is 11.3 Å². The average molecular weight is 481 g/mol. The summed E-state index contributed by atoms with van der Waals surface area (Å²) >= 11 is -2.10. The van der Waals surface area contributed by atoms with Crippen LogP contribution in [0.15, 0.2) is 36.8 Å². The van der Waals surface area contributed by atoms with Gasteiger partial charge in [0.05, 0.1) is 22.7 Å². The van der Waals surface area contributed by atoms with Crippen LogP contribution in [0.25, 0.3) is 16.9 Å². The molecule has 3 aromatic rings. The maximum absolute atomic E-state index is 13.1. The van der Waals surface area contributed by atoms with Gasteiger partial charge in [-0.15, -0.1) is 0 Å². The van der Waals surface area contributed by atoms with Crippen molar-refractivity contribution in [2.24, 2.45) is 0 Å². The van der Waals surface area contributed by atoms with E-state index < -0.39 is 11.1 Å². The van der Waals surface area contributed by atoms with Crippen molar-refractivity contribution in [1.82, 2.24) is 24.8 Å². The van der Waals surface area contributed by atoms with E-state index in [1.165, 1.54) is 6.20 Å². The van der Waals surface area contributed by atoms with Crippen LogP contribution in [0.4, 0.5) is 5.69 Å². The number of carbonyl (C=O) groups is 1. The van der Waals surface area contributed by atoms with E-state index in [4.69, 9.17) is 5.26 Å². The lowest BCUT2D eigenvalue weighted by molar-refractivity contribution is 0.0915. The van der Waals surface area contributed by atoms with Crippen molar-refractivity contribution in [2.75, 3.05) is 24.3 Å². The van der Waals surface area contributed by atoms with E-state index in [2.05, 4.69) is 26.7 Å². The van der Waals surface area contributed by atoms with Crippen LogP contribution in [-0.2, 0) is 11.1 Å². The molecule has 1 atom stereocenters. The Morgan fingerprint density at radius 2 is 2.06 bits per heavy atom. The van der Waals surface area contributed by atoms with Gasteiger partial charge in [-0.25, -0.2) is 9.97 Å². The zero-order valence-electron chi connectivity index (χ0n) is 19.0. The monoisotopic (exact) mass is 480 g/mol. The summed E-state index contributed by atoms with van der Waals surface area (Å²) in [5, 5.41) is 16.3. The van der Waals surface area contributed by atoms with Crippen molar-refractivity contribution in [3.63, 3.8) is 0 Å².